The van der Waals surface area contributed by atoms with Crippen LogP contribution in [0.4, 0.5) is 14.5 Å². The molecule has 0 unspecified atom stereocenters. The van der Waals surface area contributed by atoms with E-state index in [1.165, 1.54) is 25.0 Å². The molecule has 2 aromatic rings. The largest absolute Gasteiger partial charge is 0.381 e. The Hall–Kier alpha value is -2.43. The lowest BCUT2D eigenvalue weighted by Crippen LogP contribution is -2.31. The van der Waals surface area contributed by atoms with Gasteiger partial charge in [0.15, 0.2) is 0 Å². The molecular weight excluding hydrogens is 322 g/mol. The van der Waals surface area contributed by atoms with Gasteiger partial charge < -0.3 is 10.2 Å². The molecule has 25 heavy (non-hydrogen) atoms. The predicted molar refractivity (Wildman–Crippen MR) is 94.5 cm³/mol. The zero-order valence-electron chi connectivity index (χ0n) is 14.1. The number of rotatable bonds is 4. The van der Waals surface area contributed by atoms with Crippen LogP contribution in [0, 0.1) is 11.6 Å². The molecule has 3 nitrogen and oxygen atoms in total. The highest BCUT2D eigenvalue weighted by atomic mass is 19.1. The molecule has 0 atom stereocenters. The average molecular weight is 344 g/mol. The smallest absolute Gasteiger partial charge is 0.253 e. The number of amides is 1. The van der Waals surface area contributed by atoms with E-state index >= 15 is 0 Å². The Morgan fingerprint density at radius 1 is 0.960 bits per heavy atom. The monoisotopic (exact) mass is 344 g/mol. The number of benzene rings is 2. The maximum Gasteiger partial charge on any atom is 0.253 e. The number of nitrogens with zero attached hydrogens (tertiary/aromatic N) is 1. The molecule has 0 aromatic heterocycles. The first-order valence-electron chi connectivity index (χ1n) is 8.70. The van der Waals surface area contributed by atoms with Gasteiger partial charge in [-0.05, 0) is 43.2 Å². The Bertz CT molecular complexity index is 723. The van der Waals surface area contributed by atoms with Gasteiger partial charge in [0.2, 0.25) is 0 Å². The molecule has 1 aliphatic heterocycles. The van der Waals surface area contributed by atoms with E-state index in [1.54, 1.807) is 12.1 Å². The van der Waals surface area contributed by atoms with E-state index < -0.39 is 11.6 Å². The number of anilines is 1. The molecule has 1 amide bonds. The van der Waals surface area contributed by atoms with Crippen molar-refractivity contribution in [1.82, 2.24) is 4.90 Å². The van der Waals surface area contributed by atoms with Crippen LogP contribution in [-0.2, 0) is 6.54 Å². The fourth-order valence-electron chi connectivity index (χ4n) is 3.05. The molecule has 2 aromatic carbocycles. The first-order valence-corrected chi connectivity index (χ1v) is 8.70. The topological polar surface area (TPSA) is 32.3 Å². The van der Waals surface area contributed by atoms with E-state index in [0.717, 1.165) is 37.7 Å². The summed E-state index contributed by atoms with van der Waals surface area (Å²) in [5.74, 6) is -1.09. The summed E-state index contributed by atoms with van der Waals surface area (Å²) in [4.78, 5) is 14.5. The predicted octanol–water partition coefficient (Wildman–Crippen LogP) is 4.59. The van der Waals surface area contributed by atoms with Crippen LogP contribution in [0.3, 0.4) is 0 Å². The second-order valence-electron chi connectivity index (χ2n) is 6.37. The van der Waals surface area contributed by atoms with E-state index in [0.29, 0.717) is 11.1 Å². The Morgan fingerprint density at radius 3 is 2.28 bits per heavy atom. The van der Waals surface area contributed by atoms with Crippen LogP contribution in [0.25, 0.3) is 0 Å². The molecular formula is C20H22F2N2O. The van der Waals surface area contributed by atoms with Crippen molar-refractivity contribution in [1.29, 1.82) is 0 Å². The van der Waals surface area contributed by atoms with E-state index in [9.17, 15) is 13.6 Å². The van der Waals surface area contributed by atoms with E-state index in [-0.39, 0.29) is 12.5 Å². The van der Waals surface area contributed by atoms with Crippen molar-refractivity contribution in [2.24, 2.45) is 0 Å². The van der Waals surface area contributed by atoms with Crippen LogP contribution in [0.15, 0.2) is 42.5 Å². The summed E-state index contributed by atoms with van der Waals surface area (Å²) in [6, 6.07) is 10.7. The van der Waals surface area contributed by atoms with Crippen LogP contribution < -0.4 is 5.32 Å². The number of carbonyl (C=O) groups excluding carboxylic acids is 1. The third kappa shape index (κ3) is 4.56. The standard InChI is InChI=1S/C20H22F2N2O/c21-17-8-5-16(19(22)13-17)14-23-18-9-6-15(7-10-18)20(25)24-11-3-1-2-4-12-24/h5-10,13,23H,1-4,11-12,14H2. The maximum atomic E-state index is 13.6. The van der Waals surface area contributed by atoms with Crippen LogP contribution >= 0.6 is 0 Å². The Morgan fingerprint density at radius 2 is 1.64 bits per heavy atom. The number of hydrogen-bond donors (Lipinski definition) is 1. The van der Waals surface area contributed by atoms with Crippen molar-refractivity contribution in [3.8, 4) is 0 Å². The van der Waals surface area contributed by atoms with Crippen LogP contribution in [0.5, 0.6) is 0 Å². The minimum atomic E-state index is -0.586. The zero-order chi connectivity index (χ0) is 17.6. The molecule has 3 rings (SSSR count). The van der Waals surface area contributed by atoms with Crippen LogP contribution in [0.1, 0.15) is 41.6 Å². The summed E-state index contributed by atoms with van der Waals surface area (Å²) in [6.45, 7) is 1.90. The minimum absolute atomic E-state index is 0.0676. The summed E-state index contributed by atoms with van der Waals surface area (Å²) in [5.41, 5.74) is 1.85. The molecule has 1 N–H and O–H groups in total. The van der Waals surface area contributed by atoms with Gasteiger partial charge in [-0.3, -0.25) is 4.79 Å². The molecule has 0 bridgehead atoms. The molecule has 0 spiro atoms. The van der Waals surface area contributed by atoms with Gasteiger partial charge in [0, 0.05) is 42.5 Å². The first kappa shape index (κ1) is 17.4. The van der Waals surface area contributed by atoms with Crippen molar-refractivity contribution >= 4 is 11.6 Å². The van der Waals surface area contributed by atoms with Gasteiger partial charge in [-0.1, -0.05) is 18.9 Å². The fraction of sp³-hybridized carbons (Fsp3) is 0.350. The van der Waals surface area contributed by atoms with Crippen molar-refractivity contribution in [3.05, 3.63) is 65.2 Å². The van der Waals surface area contributed by atoms with Gasteiger partial charge >= 0.3 is 0 Å². The molecule has 132 valence electrons. The van der Waals surface area contributed by atoms with E-state index in [4.69, 9.17) is 0 Å². The third-order valence-electron chi connectivity index (χ3n) is 4.52. The van der Waals surface area contributed by atoms with E-state index in [1.807, 2.05) is 17.0 Å². The van der Waals surface area contributed by atoms with Gasteiger partial charge in [0.05, 0.1) is 0 Å². The van der Waals surface area contributed by atoms with Crippen molar-refractivity contribution in [2.75, 3.05) is 18.4 Å². The average Bonchev–Trinajstić information content (AvgIpc) is 2.90. The summed E-state index contributed by atoms with van der Waals surface area (Å²) in [7, 11) is 0. The van der Waals surface area contributed by atoms with Crippen molar-refractivity contribution in [2.45, 2.75) is 32.2 Å². The van der Waals surface area contributed by atoms with Crippen molar-refractivity contribution in [3.63, 3.8) is 0 Å². The van der Waals surface area contributed by atoms with Crippen LogP contribution in [-0.4, -0.2) is 23.9 Å². The van der Waals surface area contributed by atoms with Crippen LogP contribution in [0.2, 0.25) is 0 Å². The summed E-state index contributed by atoms with van der Waals surface area (Å²) < 4.78 is 26.5. The number of likely N-dealkylation sites (tertiary alicyclic amines) is 1. The first-order chi connectivity index (χ1) is 12.1. The normalized spacial score (nSPS) is 14.9. The number of hydrogen-bond acceptors (Lipinski definition) is 2. The van der Waals surface area contributed by atoms with Gasteiger partial charge in [-0.15, -0.1) is 0 Å². The SMILES string of the molecule is O=C(c1ccc(NCc2ccc(F)cc2F)cc1)N1CCCCCC1. The van der Waals surface area contributed by atoms with E-state index in [2.05, 4.69) is 5.32 Å². The Kier molecular flexibility index (Phi) is 5.64. The zero-order valence-corrected chi connectivity index (χ0v) is 14.1. The lowest BCUT2D eigenvalue weighted by Gasteiger charge is -2.20. The molecule has 1 saturated heterocycles. The molecule has 5 heteroatoms. The number of carbonyl (C=O) groups is 1. The Balaban J connectivity index is 1.60. The van der Waals surface area contributed by atoms with Gasteiger partial charge in [0.25, 0.3) is 5.91 Å². The molecule has 1 aliphatic rings. The molecule has 0 aliphatic carbocycles. The quantitative estimate of drug-likeness (QED) is 0.879. The highest BCUT2D eigenvalue weighted by molar-refractivity contribution is 5.94. The summed E-state index contributed by atoms with van der Waals surface area (Å²) in [6.07, 6.45) is 4.50. The summed E-state index contributed by atoms with van der Waals surface area (Å²) in [5, 5.41) is 3.09. The van der Waals surface area contributed by atoms with Gasteiger partial charge in [0.1, 0.15) is 11.6 Å². The molecule has 0 radical (unpaired) electrons. The molecule has 1 heterocycles. The summed E-state index contributed by atoms with van der Waals surface area (Å²) >= 11 is 0. The molecule has 1 fully saturated rings. The highest BCUT2D eigenvalue weighted by Gasteiger charge is 2.17. The lowest BCUT2D eigenvalue weighted by molar-refractivity contribution is 0.0761. The Labute approximate surface area is 146 Å². The fourth-order valence-corrected chi connectivity index (χ4v) is 3.05. The lowest BCUT2D eigenvalue weighted by atomic mass is 10.1. The second-order valence-corrected chi connectivity index (χ2v) is 6.37. The van der Waals surface area contributed by atoms with Gasteiger partial charge in [-0.2, -0.15) is 0 Å². The number of nitrogens with one attached hydrogen (secondary N) is 1. The van der Waals surface area contributed by atoms with Gasteiger partial charge in [-0.25, -0.2) is 8.78 Å². The minimum Gasteiger partial charge on any atom is -0.381 e. The maximum absolute atomic E-state index is 13.6. The van der Waals surface area contributed by atoms with Crippen molar-refractivity contribution < 1.29 is 13.6 Å². The second kappa shape index (κ2) is 8.10. The highest BCUT2D eigenvalue weighted by Crippen LogP contribution is 2.17. The third-order valence-corrected chi connectivity index (χ3v) is 4.52. The number of halogens is 2. The molecule has 0 saturated carbocycles.